The Hall–Kier alpha value is -3.08. The first-order valence-corrected chi connectivity index (χ1v) is 11.5. The van der Waals surface area contributed by atoms with Gasteiger partial charge in [-0.25, -0.2) is 4.79 Å². The third kappa shape index (κ3) is 6.49. The largest absolute Gasteiger partial charge is 0.491 e. The van der Waals surface area contributed by atoms with Crippen LogP contribution in [-0.4, -0.2) is 91.4 Å². The summed E-state index contributed by atoms with van der Waals surface area (Å²) >= 11 is 0. The van der Waals surface area contributed by atoms with Gasteiger partial charge in [-0.1, -0.05) is 0 Å². The molecule has 0 aromatic heterocycles. The van der Waals surface area contributed by atoms with Gasteiger partial charge in [0.15, 0.2) is 0 Å². The molecule has 1 aromatic rings. The number of rotatable bonds is 7. The molecule has 2 heterocycles. The van der Waals surface area contributed by atoms with Crippen LogP contribution in [0.3, 0.4) is 0 Å². The van der Waals surface area contributed by atoms with Gasteiger partial charge in [-0.2, -0.15) is 0 Å². The third-order valence-electron chi connectivity index (χ3n) is 5.85. The molecule has 2 amide bonds. The van der Waals surface area contributed by atoms with E-state index in [4.69, 9.17) is 14.2 Å². The molecule has 188 valence electrons. The number of benzene rings is 1. The van der Waals surface area contributed by atoms with Crippen molar-refractivity contribution in [3.63, 3.8) is 0 Å². The molecule has 11 heteroatoms. The van der Waals surface area contributed by atoms with E-state index in [1.54, 1.807) is 40.0 Å². The Morgan fingerprint density at radius 3 is 2.44 bits per heavy atom. The third-order valence-corrected chi connectivity index (χ3v) is 5.85. The van der Waals surface area contributed by atoms with Crippen molar-refractivity contribution in [2.24, 2.45) is 0 Å². The van der Waals surface area contributed by atoms with Crippen molar-refractivity contribution < 1.29 is 28.7 Å². The molecule has 0 spiro atoms. The molecule has 0 N–H and O–H groups in total. The fourth-order valence-electron chi connectivity index (χ4n) is 4.22. The van der Waals surface area contributed by atoms with Gasteiger partial charge >= 0.3 is 6.09 Å². The summed E-state index contributed by atoms with van der Waals surface area (Å²) in [6.07, 6.45) is 0.917. The molecule has 2 aliphatic rings. The van der Waals surface area contributed by atoms with Gasteiger partial charge < -0.3 is 24.0 Å². The van der Waals surface area contributed by atoms with E-state index in [0.29, 0.717) is 63.7 Å². The molecule has 0 saturated carbocycles. The number of ether oxygens (including phenoxy) is 3. The van der Waals surface area contributed by atoms with Crippen LogP contribution in [0.25, 0.3) is 0 Å². The van der Waals surface area contributed by atoms with E-state index >= 15 is 0 Å². The summed E-state index contributed by atoms with van der Waals surface area (Å²) in [5.41, 5.74) is -0.0694. The summed E-state index contributed by atoms with van der Waals surface area (Å²) in [5, 5.41) is 11.7. The van der Waals surface area contributed by atoms with Crippen molar-refractivity contribution in [3.05, 3.63) is 28.3 Å². The number of nitrogens with zero attached hydrogens (tertiary/aromatic N) is 4. The van der Waals surface area contributed by atoms with Crippen LogP contribution >= 0.6 is 0 Å². The quantitative estimate of drug-likeness (QED) is 0.334. The predicted octanol–water partition coefficient (Wildman–Crippen LogP) is 2.67. The lowest BCUT2D eigenvalue weighted by atomic mass is 10.0. The number of hydrogen-bond acceptors (Lipinski definition) is 8. The molecule has 0 atom stereocenters. The zero-order valence-corrected chi connectivity index (χ0v) is 20.3. The number of methoxy groups -OCH3 is 1. The number of piperidine rings is 1. The monoisotopic (exact) mass is 478 g/mol. The Balaban J connectivity index is 1.58. The molecular weight excluding hydrogens is 444 g/mol. The molecule has 1 aromatic carbocycles. The van der Waals surface area contributed by atoms with Crippen molar-refractivity contribution in [1.29, 1.82) is 0 Å². The van der Waals surface area contributed by atoms with Crippen LogP contribution in [0.5, 0.6) is 5.75 Å². The van der Waals surface area contributed by atoms with Crippen LogP contribution in [0, 0.1) is 10.1 Å². The van der Waals surface area contributed by atoms with Crippen molar-refractivity contribution in [2.75, 3.05) is 57.9 Å². The Kier molecular flexibility index (Phi) is 8.19. The zero-order chi connectivity index (χ0) is 24.9. The molecule has 2 saturated heterocycles. The van der Waals surface area contributed by atoms with Crippen LogP contribution in [0.15, 0.2) is 18.2 Å². The first-order valence-electron chi connectivity index (χ1n) is 11.5. The van der Waals surface area contributed by atoms with E-state index in [1.165, 1.54) is 11.0 Å². The predicted molar refractivity (Wildman–Crippen MR) is 125 cm³/mol. The summed E-state index contributed by atoms with van der Waals surface area (Å²) in [6, 6.07) is 4.92. The minimum absolute atomic E-state index is 0.00424. The zero-order valence-electron chi connectivity index (χ0n) is 20.3. The maximum Gasteiger partial charge on any atom is 0.410 e. The van der Waals surface area contributed by atoms with Gasteiger partial charge in [0, 0.05) is 39.3 Å². The van der Waals surface area contributed by atoms with E-state index in [9.17, 15) is 19.7 Å². The number of carbonyl (C=O) groups is 2. The Labute approximate surface area is 199 Å². The summed E-state index contributed by atoms with van der Waals surface area (Å²) in [5.74, 6) is 0.329. The average Bonchev–Trinajstić information content (AvgIpc) is 2.78. The van der Waals surface area contributed by atoms with Gasteiger partial charge in [-0.3, -0.25) is 19.8 Å². The first kappa shape index (κ1) is 25.5. The SMILES string of the molecule is COCCOc1ccc(N2CCC(N3CCN(C(=O)OC(C)(C)C)CC3=O)CC2)c([N+](=O)[O-])c1. The Bertz CT molecular complexity index is 894. The first-order chi connectivity index (χ1) is 16.1. The van der Waals surface area contributed by atoms with Gasteiger partial charge in [0.1, 0.15) is 30.2 Å². The second-order valence-electron chi connectivity index (χ2n) is 9.46. The van der Waals surface area contributed by atoms with E-state index in [-0.39, 0.29) is 24.2 Å². The highest BCUT2D eigenvalue weighted by Gasteiger charge is 2.35. The van der Waals surface area contributed by atoms with Crippen LogP contribution in [0.1, 0.15) is 33.6 Å². The number of anilines is 1. The number of amides is 2. The maximum atomic E-state index is 12.8. The maximum absolute atomic E-state index is 12.8. The topological polar surface area (TPSA) is 115 Å². The molecule has 0 unspecified atom stereocenters. The number of piperazine rings is 1. The average molecular weight is 479 g/mol. The highest BCUT2D eigenvalue weighted by molar-refractivity contribution is 5.84. The number of nitro benzene ring substituents is 1. The lowest BCUT2D eigenvalue weighted by Crippen LogP contribution is -2.57. The van der Waals surface area contributed by atoms with E-state index in [2.05, 4.69) is 0 Å². The smallest absolute Gasteiger partial charge is 0.410 e. The molecule has 34 heavy (non-hydrogen) atoms. The summed E-state index contributed by atoms with van der Waals surface area (Å²) in [6.45, 7) is 8.17. The fraction of sp³-hybridized carbons (Fsp3) is 0.652. The Morgan fingerprint density at radius 1 is 1.15 bits per heavy atom. The van der Waals surface area contributed by atoms with E-state index < -0.39 is 16.6 Å². The van der Waals surface area contributed by atoms with Crippen LogP contribution in [-0.2, 0) is 14.3 Å². The highest BCUT2D eigenvalue weighted by Crippen LogP contribution is 2.34. The fourth-order valence-corrected chi connectivity index (χ4v) is 4.22. The highest BCUT2D eigenvalue weighted by atomic mass is 16.6. The van der Waals surface area contributed by atoms with Gasteiger partial charge in [0.05, 0.1) is 17.6 Å². The van der Waals surface area contributed by atoms with Gasteiger partial charge in [-0.15, -0.1) is 0 Å². The second kappa shape index (κ2) is 10.9. The number of carbonyl (C=O) groups excluding carboxylic acids is 2. The summed E-state index contributed by atoms with van der Waals surface area (Å²) in [7, 11) is 1.56. The molecule has 0 bridgehead atoms. The van der Waals surface area contributed by atoms with Crippen molar-refractivity contribution >= 4 is 23.4 Å². The molecule has 2 aliphatic heterocycles. The Morgan fingerprint density at radius 2 is 1.85 bits per heavy atom. The van der Waals surface area contributed by atoms with Crippen molar-refractivity contribution in [1.82, 2.24) is 9.80 Å². The molecule has 3 rings (SSSR count). The normalized spacial score (nSPS) is 17.6. The van der Waals surface area contributed by atoms with E-state index in [1.807, 2.05) is 9.80 Å². The van der Waals surface area contributed by atoms with Crippen molar-refractivity contribution in [3.8, 4) is 5.75 Å². The summed E-state index contributed by atoms with van der Waals surface area (Å²) in [4.78, 5) is 41.6. The van der Waals surface area contributed by atoms with Gasteiger partial charge in [0.25, 0.3) is 5.69 Å². The molecule has 0 aliphatic carbocycles. The molecular formula is C23H34N4O7. The molecule has 0 radical (unpaired) electrons. The standard InChI is InChI=1S/C23H34N4O7/c1-23(2,3)34-22(29)25-11-12-26(21(28)16-25)17-7-9-24(10-8-17)19-6-5-18(33-14-13-32-4)15-20(19)27(30)31/h5-6,15,17H,7-14,16H2,1-4H3. The van der Waals surface area contributed by atoms with Crippen LogP contribution < -0.4 is 9.64 Å². The minimum atomic E-state index is -0.610. The minimum Gasteiger partial charge on any atom is -0.491 e. The van der Waals surface area contributed by atoms with Crippen molar-refractivity contribution in [2.45, 2.75) is 45.3 Å². The molecule has 11 nitrogen and oxygen atoms in total. The van der Waals surface area contributed by atoms with Gasteiger partial charge in [0.2, 0.25) is 5.91 Å². The lowest BCUT2D eigenvalue weighted by molar-refractivity contribution is -0.384. The van der Waals surface area contributed by atoms with Crippen LogP contribution in [0.2, 0.25) is 0 Å². The number of nitro groups is 1. The van der Waals surface area contributed by atoms with E-state index in [0.717, 1.165) is 0 Å². The summed E-state index contributed by atoms with van der Waals surface area (Å²) < 4.78 is 15.8. The number of hydrogen-bond donors (Lipinski definition) is 0. The molecule has 2 fully saturated rings. The van der Waals surface area contributed by atoms with Gasteiger partial charge in [-0.05, 0) is 45.7 Å². The van der Waals surface area contributed by atoms with Crippen LogP contribution in [0.4, 0.5) is 16.2 Å². The lowest BCUT2D eigenvalue weighted by Gasteiger charge is -2.43. The second-order valence-corrected chi connectivity index (χ2v) is 9.46.